The van der Waals surface area contributed by atoms with E-state index in [2.05, 4.69) is 0 Å². The molecule has 0 N–H and O–H groups in total. The van der Waals surface area contributed by atoms with Gasteiger partial charge in [-0.25, -0.2) is 0 Å². The minimum Gasteiger partial charge on any atom is -0.379 e. The molecule has 114 valence electrons. The van der Waals surface area contributed by atoms with Crippen LogP contribution in [0.5, 0.6) is 0 Å². The molecular formula is C14H30O4Si. The first-order valence-electron chi connectivity index (χ1n) is 7.61. The van der Waals surface area contributed by atoms with Crippen molar-refractivity contribution in [1.29, 1.82) is 0 Å². The molecule has 1 rings (SSSR count). The maximum atomic E-state index is 5.52. The van der Waals surface area contributed by atoms with Gasteiger partial charge in [0.25, 0.3) is 0 Å². The number of rotatable bonds is 14. The Balaban J connectivity index is 1.68. The zero-order chi connectivity index (χ0) is 13.8. The van der Waals surface area contributed by atoms with E-state index in [4.69, 9.17) is 18.9 Å². The highest BCUT2D eigenvalue weighted by Crippen LogP contribution is 2.10. The van der Waals surface area contributed by atoms with Crippen molar-refractivity contribution in [3.8, 4) is 0 Å². The maximum Gasteiger partial charge on any atom is 0.156 e. The normalized spacial score (nSPS) is 18.8. The van der Waals surface area contributed by atoms with Crippen molar-refractivity contribution in [3.05, 3.63) is 0 Å². The molecule has 1 unspecified atom stereocenters. The summed E-state index contributed by atoms with van der Waals surface area (Å²) < 4.78 is 20.9. The molecule has 0 radical (unpaired) electrons. The Morgan fingerprint density at radius 1 is 1.11 bits per heavy atom. The number of unbranched alkanes of at least 4 members (excludes halogenated alkanes) is 2. The largest absolute Gasteiger partial charge is 0.379 e. The third-order valence-electron chi connectivity index (χ3n) is 3.46. The summed E-state index contributed by atoms with van der Waals surface area (Å²) in [6, 6.07) is 2.89. The van der Waals surface area contributed by atoms with E-state index in [1.165, 1.54) is 37.8 Å². The lowest BCUT2D eigenvalue weighted by Crippen LogP contribution is -2.12. The van der Waals surface area contributed by atoms with Crippen molar-refractivity contribution in [2.45, 2.75) is 56.6 Å². The van der Waals surface area contributed by atoms with Crippen LogP contribution in [0.4, 0.5) is 0 Å². The maximum absolute atomic E-state index is 5.52. The number of methoxy groups -OCH3 is 2. The zero-order valence-electron chi connectivity index (χ0n) is 12.6. The molecule has 0 aromatic carbocycles. The van der Waals surface area contributed by atoms with E-state index in [1.807, 2.05) is 0 Å². The van der Waals surface area contributed by atoms with Crippen LogP contribution in [-0.2, 0) is 18.9 Å². The van der Waals surface area contributed by atoms with Crippen LogP contribution in [0.3, 0.4) is 0 Å². The fourth-order valence-electron chi connectivity index (χ4n) is 2.11. The molecule has 1 aliphatic heterocycles. The summed E-state index contributed by atoms with van der Waals surface area (Å²) in [6.07, 6.45) is 6.57. The number of hydrogen-bond donors (Lipinski definition) is 0. The monoisotopic (exact) mass is 290 g/mol. The molecule has 0 aliphatic carbocycles. The summed E-state index contributed by atoms with van der Waals surface area (Å²) in [5, 5.41) is 0. The van der Waals surface area contributed by atoms with Gasteiger partial charge in [-0.2, -0.15) is 0 Å². The molecule has 1 aliphatic rings. The van der Waals surface area contributed by atoms with Gasteiger partial charge >= 0.3 is 0 Å². The van der Waals surface area contributed by atoms with Gasteiger partial charge in [0.05, 0.1) is 13.2 Å². The van der Waals surface area contributed by atoms with E-state index >= 15 is 0 Å². The first kappa shape index (κ1) is 17.1. The molecule has 0 saturated carbocycles. The van der Waals surface area contributed by atoms with E-state index in [9.17, 15) is 0 Å². The summed E-state index contributed by atoms with van der Waals surface area (Å²) in [4.78, 5) is 0. The van der Waals surface area contributed by atoms with Crippen molar-refractivity contribution >= 4 is 9.52 Å². The molecule has 1 fully saturated rings. The summed E-state index contributed by atoms with van der Waals surface area (Å²) in [5.74, 6) is 0. The van der Waals surface area contributed by atoms with Crippen LogP contribution >= 0.6 is 0 Å². The van der Waals surface area contributed by atoms with Gasteiger partial charge in [-0.3, -0.25) is 0 Å². The summed E-state index contributed by atoms with van der Waals surface area (Å²) in [6.45, 7) is 2.64. The smallest absolute Gasteiger partial charge is 0.156 e. The molecule has 0 spiro atoms. The molecule has 0 aromatic rings. The van der Waals surface area contributed by atoms with E-state index in [0.717, 1.165) is 26.2 Å². The summed E-state index contributed by atoms with van der Waals surface area (Å²) >= 11 is 0. The molecule has 4 nitrogen and oxygen atoms in total. The highest BCUT2D eigenvalue weighted by atomic mass is 28.2. The van der Waals surface area contributed by atoms with Gasteiger partial charge in [0.2, 0.25) is 0 Å². The predicted octanol–water partition coefficient (Wildman–Crippen LogP) is 1.98. The Kier molecular flexibility index (Phi) is 10.7. The minimum atomic E-state index is -0.00941. The van der Waals surface area contributed by atoms with Gasteiger partial charge in [0, 0.05) is 30.3 Å². The second-order valence-corrected chi connectivity index (χ2v) is 7.32. The highest BCUT2D eigenvalue weighted by Gasteiger charge is 2.21. The van der Waals surface area contributed by atoms with Crippen molar-refractivity contribution in [2.24, 2.45) is 0 Å². The molecule has 0 aromatic heterocycles. The zero-order valence-corrected chi connectivity index (χ0v) is 14.0. The lowest BCUT2D eigenvalue weighted by molar-refractivity contribution is -0.107. The van der Waals surface area contributed by atoms with Crippen molar-refractivity contribution in [1.82, 2.24) is 0 Å². The van der Waals surface area contributed by atoms with Crippen LogP contribution in [0.25, 0.3) is 0 Å². The van der Waals surface area contributed by atoms with Gasteiger partial charge in [-0.15, -0.1) is 0 Å². The van der Waals surface area contributed by atoms with Crippen LogP contribution in [0, 0.1) is 0 Å². The van der Waals surface area contributed by atoms with Crippen LogP contribution in [0.2, 0.25) is 12.1 Å². The van der Waals surface area contributed by atoms with Gasteiger partial charge in [0.1, 0.15) is 6.10 Å². The van der Waals surface area contributed by atoms with E-state index < -0.39 is 0 Å². The Morgan fingerprint density at radius 3 is 2.53 bits per heavy atom. The van der Waals surface area contributed by atoms with Crippen LogP contribution < -0.4 is 0 Å². The average Bonchev–Trinajstić information content (AvgIpc) is 3.24. The van der Waals surface area contributed by atoms with Crippen molar-refractivity contribution in [2.75, 3.05) is 34.0 Å². The first-order valence-corrected chi connectivity index (χ1v) is 9.61. The molecule has 1 atom stereocenters. The molecule has 1 heterocycles. The summed E-state index contributed by atoms with van der Waals surface area (Å²) in [5.41, 5.74) is 0. The number of ether oxygens (including phenoxy) is 4. The van der Waals surface area contributed by atoms with Crippen LogP contribution in [0.1, 0.15) is 32.1 Å². The average molecular weight is 290 g/mol. The van der Waals surface area contributed by atoms with Gasteiger partial charge < -0.3 is 18.9 Å². The second kappa shape index (κ2) is 11.8. The van der Waals surface area contributed by atoms with Gasteiger partial charge in [0.15, 0.2) is 6.29 Å². The summed E-state index contributed by atoms with van der Waals surface area (Å²) in [7, 11) is 3.56. The Morgan fingerprint density at radius 2 is 1.84 bits per heavy atom. The molecule has 0 bridgehead atoms. The Hall–Kier alpha value is 0.0569. The van der Waals surface area contributed by atoms with Crippen molar-refractivity contribution < 1.29 is 18.9 Å². The lowest BCUT2D eigenvalue weighted by Gasteiger charge is -2.12. The Bertz CT molecular complexity index is 196. The number of epoxide rings is 1. The standard InChI is InChI=1S/C14H30O4Si/c1-15-14(16-2)7-4-3-5-9-19-10-6-8-17-11-13-12-18-13/h13-14H,3-12,19H2,1-2H3. The molecule has 1 saturated heterocycles. The highest BCUT2D eigenvalue weighted by molar-refractivity contribution is 6.35. The fraction of sp³-hybridized carbons (Fsp3) is 1.00. The van der Waals surface area contributed by atoms with Crippen LogP contribution in [-0.4, -0.2) is 56.0 Å². The molecule has 0 amide bonds. The van der Waals surface area contributed by atoms with E-state index in [-0.39, 0.29) is 15.8 Å². The van der Waals surface area contributed by atoms with Crippen LogP contribution in [0.15, 0.2) is 0 Å². The predicted molar refractivity (Wildman–Crippen MR) is 79.6 cm³/mol. The molecule has 19 heavy (non-hydrogen) atoms. The fourth-order valence-corrected chi connectivity index (χ4v) is 3.73. The quantitative estimate of drug-likeness (QED) is 0.212. The lowest BCUT2D eigenvalue weighted by atomic mass is 10.2. The van der Waals surface area contributed by atoms with E-state index in [1.54, 1.807) is 14.2 Å². The second-order valence-electron chi connectivity index (χ2n) is 5.19. The topological polar surface area (TPSA) is 40.2 Å². The third-order valence-corrected chi connectivity index (χ3v) is 5.46. The third kappa shape index (κ3) is 10.5. The number of hydrogen-bond acceptors (Lipinski definition) is 4. The van der Waals surface area contributed by atoms with Gasteiger partial charge in [-0.1, -0.05) is 24.9 Å². The van der Waals surface area contributed by atoms with E-state index in [0.29, 0.717) is 6.10 Å². The first-order chi connectivity index (χ1) is 9.36. The molecule has 5 heteroatoms. The molecular weight excluding hydrogens is 260 g/mol. The van der Waals surface area contributed by atoms with Crippen molar-refractivity contribution in [3.63, 3.8) is 0 Å². The SMILES string of the molecule is COC(CCCCC[SiH2]CCCOCC1CO1)OC. The van der Waals surface area contributed by atoms with Gasteiger partial charge in [-0.05, 0) is 19.3 Å². The minimum absolute atomic E-state index is 0.00941. The Labute approximate surface area is 120 Å².